The number of hydrogen-bond donors (Lipinski definition) is 2. The topological polar surface area (TPSA) is 70.7 Å². The largest absolute Gasteiger partial charge is 0.321 e. The predicted molar refractivity (Wildman–Crippen MR) is 60.3 cm³/mol. The Bertz CT molecular complexity index is 483. The molecular formula is C10H9ClN4O. The summed E-state index contributed by atoms with van der Waals surface area (Å²) in [5.74, 6) is 0.105. The van der Waals surface area contributed by atoms with Gasteiger partial charge in [0.25, 0.3) is 5.91 Å². The molecule has 82 valence electrons. The van der Waals surface area contributed by atoms with Crippen molar-refractivity contribution in [1.82, 2.24) is 15.4 Å². The Morgan fingerprint density at radius 1 is 1.50 bits per heavy atom. The number of amides is 1. The van der Waals surface area contributed by atoms with Crippen LogP contribution in [0.15, 0.2) is 30.5 Å². The Morgan fingerprint density at radius 3 is 3.06 bits per heavy atom. The number of aromatic nitrogens is 3. The number of carbonyl (C=O) groups excluding carboxylic acids is 1. The van der Waals surface area contributed by atoms with E-state index in [-0.39, 0.29) is 11.6 Å². The molecule has 0 aliphatic heterocycles. The molecule has 5 nitrogen and oxygen atoms in total. The van der Waals surface area contributed by atoms with Crippen LogP contribution in [0.1, 0.15) is 16.1 Å². The number of alkyl halides is 1. The van der Waals surface area contributed by atoms with Gasteiger partial charge in [-0.2, -0.15) is 15.4 Å². The Morgan fingerprint density at radius 2 is 2.38 bits per heavy atom. The van der Waals surface area contributed by atoms with Gasteiger partial charge in [-0.25, -0.2) is 0 Å². The third-order valence-corrected chi connectivity index (χ3v) is 2.30. The van der Waals surface area contributed by atoms with Gasteiger partial charge in [0, 0.05) is 11.6 Å². The lowest BCUT2D eigenvalue weighted by Gasteiger charge is -2.03. The maximum Gasteiger partial charge on any atom is 0.277 e. The molecule has 0 radical (unpaired) electrons. The molecular weight excluding hydrogens is 228 g/mol. The fraction of sp³-hybridized carbons (Fsp3) is 0.100. The molecule has 1 amide bonds. The highest BCUT2D eigenvalue weighted by atomic mass is 35.5. The molecule has 2 aromatic rings. The van der Waals surface area contributed by atoms with E-state index in [1.54, 1.807) is 6.07 Å². The Kier molecular flexibility index (Phi) is 3.16. The molecule has 0 spiro atoms. The molecule has 0 atom stereocenters. The van der Waals surface area contributed by atoms with Crippen LogP contribution >= 0.6 is 11.6 Å². The smallest absolute Gasteiger partial charge is 0.277 e. The summed E-state index contributed by atoms with van der Waals surface area (Å²) in [5.41, 5.74) is 1.88. The van der Waals surface area contributed by atoms with Crippen LogP contribution in [-0.4, -0.2) is 21.3 Å². The fourth-order valence-electron chi connectivity index (χ4n) is 1.24. The zero-order valence-corrected chi connectivity index (χ0v) is 9.03. The van der Waals surface area contributed by atoms with Gasteiger partial charge >= 0.3 is 0 Å². The molecule has 1 aromatic heterocycles. The zero-order chi connectivity index (χ0) is 11.4. The van der Waals surface area contributed by atoms with E-state index in [4.69, 9.17) is 11.6 Å². The molecule has 0 unspecified atom stereocenters. The normalized spacial score (nSPS) is 10.1. The van der Waals surface area contributed by atoms with Crippen LogP contribution in [0.4, 0.5) is 5.69 Å². The lowest BCUT2D eigenvalue weighted by atomic mass is 10.2. The monoisotopic (exact) mass is 236 g/mol. The maximum absolute atomic E-state index is 11.6. The number of benzene rings is 1. The summed E-state index contributed by atoms with van der Waals surface area (Å²) in [5, 5.41) is 12.3. The summed E-state index contributed by atoms with van der Waals surface area (Å²) in [4.78, 5) is 11.6. The molecule has 0 aliphatic carbocycles. The van der Waals surface area contributed by atoms with Crippen LogP contribution in [0.2, 0.25) is 0 Å². The number of H-pyrrole nitrogens is 1. The Hall–Kier alpha value is -1.88. The number of anilines is 1. The molecule has 6 heteroatoms. The van der Waals surface area contributed by atoms with Crippen LogP contribution in [-0.2, 0) is 5.88 Å². The highest BCUT2D eigenvalue weighted by Crippen LogP contribution is 2.13. The molecule has 0 saturated heterocycles. The molecule has 16 heavy (non-hydrogen) atoms. The number of halogens is 1. The first-order valence-electron chi connectivity index (χ1n) is 4.61. The van der Waals surface area contributed by atoms with Gasteiger partial charge in [-0.05, 0) is 17.7 Å². The summed E-state index contributed by atoms with van der Waals surface area (Å²) < 4.78 is 0. The third kappa shape index (κ3) is 2.38. The zero-order valence-electron chi connectivity index (χ0n) is 8.27. The van der Waals surface area contributed by atoms with E-state index in [1.807, 2.05) is 18.2 Å². The van der Waals surface area contributed by atoms with E-state index in [0.29, 0.717) is 11.6 Å². The van der Waals surface area contributed by atoms with E-state index >= 15 is 0 Å². The highest BCUT2D eigenvalue weighted by Gasteiger charge is 2.08. The average Bonchev–Trinajstić information content (AvgIpc) is 2.83. The second kappa shape index (κ2) is 4.76. The lowest BCUT2D eigenvalue weighted by molar-refractivity contribution is 0.102. The summed E-state index contributed by atoms with van der Waals surface area (Å²) in [6.07, 6.45) is 1.36. The van der Waals surface area contributed by atoms with E-state index in [0.717, 1.165) is 5.56 Å². The van der Waals surface area contributed by atoms with E-state index in [2.05, 4.69) is 20.7 Å². The minimum absolute atomic E-state index is 0.247. The van der Waals surface area contributed by atoms with Crippen molar-refractivity contribution in [2.45, 2.75) is 5.88 Å². The number of carbonyl (C=O) groups is 1. The SMILES string of the molecule is O=C(Nc1cccc(CCl)c1)c1cn[nH]n1. The minimum atomic E-state index is -0.305. The van der Waals surface area contributed by atoms with Crippen LogP contribution < -0.4 is 5.32 Å². The molecule has 1 heterocycles. The summed E-state index contributed by atoms with van der Waals surface area (Å²) in [6.45, 7) is 0. The molecule has 1 aromatic carbocycles. The number of rotatable bonds is 3. The quantitative estimate of drug-likeness (QED) is 0.799. The number of hydrogen-bond acceptors (Lipinski definition) is 3. The van der Waals surface area contributed by atoms with Crippen molar-refractivity contribution < 1.29 is 4.79 Å². The van der Waals surface area contributed by atoms with E-state index in [1.165, 1.54) is 6.20 Å². The van der Waals surface area contributed by atoms with Crippen LogP contribution in [0.3, 0.4) is 0 Å². The first kappa shape index (κ1) is 10.6. The van der Waals surface area contributed by atoms with Crippen molar-refractivity contribution in [2.75, 3.05) is 5.32 Å². The maximum atomic E-state index is 11.6. The van der Waals surface area contributed by atoms with Gasteiger partial charge in [-0.3, -0.25) is 4.79 Å². The first-order chi connectivity index (χ1) is 7.79. The second-order valence-corrected chi connectivity index (χ2v) is 3.41. The highest BCUT2D eigenvalue weighted by molar-refractivity contribution is 6.17. The van der Waals surface area contributed by atoms with Gasteiger partial charge < -0.3 is 5.32 Å². The fourth-order valence-corrected chi connectivity index (χ4v) is 1.40. The molecule has 2 N–H and O–H groups in total. The summed E-state index contributed by atoms with van der Waals surface area (Å²) >= 11 is 5.69. The van der Waals surface area contributed by atoms with Gasteiger partial charge in [0.2, 0.25) is 0 Å². The number of aromatic amines is 1. The number of nitrogens with one attached hydrogen (secondary N) is 2. The van der Waals surface area contributed by atoms with Crippen LogP contribution in [0.25, 0.3) is 0 Å². The third-order valence-electron chi connectivity index (χ3n) is 1.99. The average molecular weight is 237 g/mol. The second-order valence-electron chi connectivity index (χ2n) is 3.14. The van der Waals surface area contributed by atoms with Gasteiger partial charge in [-0.15, -0.1) is 11.6 Å². The molecule has 0 aliphatic rings. The standard InChI is InChI=1S/C10H9ClN4O/c11-5-7-2-1-3-8(4-7)13-10(16)9-6-12-15-14-9/h1-4,6H,5H2,(H,13,16)(H,12,14,15). The molecule has 0 saturated carbocycles. The molecule has 0 fully saturated rings. The predicted octanol–water partition coefficient (Wildman–Crippen LogP) is 1.80. The Labute approximate surface area is 96.8 Å². The van der Waals surface area contributed by atoms with Crippen molar-refractivity contribution in [1.29, 1.82) is 0 Å². The van der Waals surface area contributed by atoms with Gasteiger partial charge in [0.05, 0.1) is 6.20 Å². The first-order valence-corrected chi connectivity index (χ1v) is 5.15. The van der Waals surface area contributed by atoms with Crippen LogP contribution in [0, 0.1) is 0 Å². The molecule has 2 rings (SSSR count). The van der Waals surface area contributed by atoms with E-state index < -0.39 is 0 Å². The van der Waals surface area contributed by atoms with Crippen molar-refractivity contribution >= 4 is 23.2 Å². The van der Waals surface area contributed by atoms with Crippen molar-refractivity contribution in [3.63, 3.8) is 0 Å². The van der Waals surface area contributed by atoms with Gasteiger partial charge in [0.1, 0.15) is 0 Å². The van der Waals surface area contributed by atoms with E-state index in [9.17, 15) is 4.79 Å². The van der Waals surface area contributed by atoms with Gasteiger partial charge in [0.15, 0.2) is 5.69 Å². The molecule has 0 bridgehead atoms. The lowest BCUT2D eigenvalue weighted by Crippen LogP contribution is -2.12. The summed E-state index contributed by atoms with van der Waals surface area (Å²) in [6, 6.07) is 7.31. The van der Waals surface area contributed by atoms with Crippen molar-refractivity contribution in [3.05, 3.63) is 41.7 Å². The van der Waals surface area contributed by atoms with Crippen molar-refractivity contribution in [2.24, 2.45) is 0 Å². The Balaban J connectivity index is 2.12. The van der Waals surface area contributed by atoms with Gasteiger partial charge in [-0.1, -0.05) is 12.1 Å². The van der Waals surface area contributed by atoms with Crippen LogP contribution in [0.5, 0.6) is 0 Å². The summed E-state index contributed by atoms with van der Waals surface area (Å²) in [7, 11) is 0. The van der Waals surface area contributed by atoms with Crippen molar-refractivity contribution in [3.8, 4) is 0 Å². The minimum Gasteiger partial charge on any atom is -0.321 e. The number of nitrogens with zero attached hydrogens (tertiary/aromatic N) is 2.